The monoisotopic (exact) mass is 467 g/mol. The van der Waals surface area contributed by atoms with E-state index in [1.807, 2.05) is 26.0 Å². The Kier molecular flexibility index (Phi) is 10.8. The highest BCUT2D eigenvalue weighted by Gasteiger charge is 2.20. The van der Waals surface area contributed by atoms with E-state index >= 15 is 0 Å². The number of benzene rings is 1. The molecule has 1 aliphatic heterocycles. The Morgan fingerprint density at radius 1 is 1.16 bits per heavy atom. The SMILES string of the molecule is CC.CCNS(C)(=O)=O.c1ccc2c(c1)OCCc1sc(NCC3CCCCC3)nc1-2. The topological polar surface area (TPSA) is 80.3 Å². The van der Waals surface area contributed by atoms with E-state index in [-0.39, 0.29) is 0 Å². The fourth-order valence-corrected chi connectivity index (χ4v) is 5.22. The molecule has 1 aliphatic carbocycles. The van der Waals surface area contributed by atoms with Crippen molar-refractivity contribution in [2.24, 2.45) is 5.92 Å². The van der Waals surface area contributed by atoms with Crippen molar-refractivity contribution in [2.75, 3.05) is 31.3 Å². The first kappa shape index (κ1) is 25.6. The molecule has 0 amide bonds. The molecule has 0 saturated heterocycles. The van der Waals surface area contributed by atoms with Crippen molar-refractivity contribution in [2.45, 2.75) is 59.3 Å². The van der Waals surface area contributed by atoms with Crippen LogP contribution in [0.5, 0.6) is 5.75 Å². The second-order valence-electron chi connectivity index (χ2n) is 7.54. The summed E-state index contributed by atoms with van der Waals surface area (Å²) in [5.41, 5.74) is 2.25. The number of sulfonamides is 1. The zero-order chi connectivity index (χ0) is 22.7. The average Bonchev–Trinajstić information content (AvgIpc) is 3.09. The van der Waals surface area contributed by atoms with Crippen LogP contribution >= 0.6 is 11.3 Å². The number of hydrogen-bond acceptors (Lipinski definition) is 6. The molecule has 0 unspecified atom stereocenters. The van der Waals surface area contributed by atoms with Gasteiger partial charge in [0.1, 0.15) is 5.75 Å². The maximum atomic E-state index is 10.1. The summed E-state index contributed by atoms with van der Waals surface area (Å²) in [5, 5.41) is 4.67. The third-order valence-corrected chi connectivity index (χ3v) is 6.99. The highest BCUT2D eigenvalue weighted by atomic mass is 32.2. The van der Waals surface area contributed by atoms with Crippen LogP contribution in [0, 0.1) is 5.92 Å². The lowest BCUT2D eigenvalue weighted by molar-refractivity contribution is 0.327. The van der Waals surface area contributed by atoms with Crippen molar-refractivity contribution in [1.29, 1.82) is 0 Å². The molecule has 0 radical (unpaired) electrons. The third kappa shape index (κ3) is 8.43. The summed E-state index contributed by atoms with van der Waals surface area (Å²) in [7, 11) is -2.92. The van der Waals surface area contributed by atoms with Gasteiger partial charge in [-0.2, -0.15) is 0 Å². The molecule has 0 bridgehead atoms. The van der Waals surface area contributed by atoms with Crippen molar-refractivity contribution < 1.29 is 13.2 Å². The number of para-hydroxylation sites is 1. The average molecular weight is 468 g/mol. The van der Waals surface area contributed by atoms with Crippen LogP contribution in [0.1, 0.15) is 57.8 Å². The molecule has 2 N–H and O–H groups in total. The van der Waals surface area contributed by atoms with Crippen molar-refractivity contribution >= 4 is 26.5 Å². The highest BCUT2D eigenvalue weighted by Crippen LogP contribution is 2.39. The zero-order valence-electron chi connectivity index (χ0n) is 19.2. The molecule has 31 heavy (non-hydrogen) atoms. The van der Waals surface area contributed by atoms with E-state index < -0.39 is 10.0 Å². The summed E-state index contributed by atoms with van der Waals surface area (Å²) in [6.45, 7) is 8.03. The summed E-state index contributed by atoms with van der Waals surface area (Å²) in [6.07, 6.45) is 9.03. The van der Waals surface area contributed by atoms with Gasteiger partial charge in [-0.15, -0.1) is 11.3 Å². The summed E-state index contributed by atoms with van der Waals surface area (Å²) >= 11 is 1.80. The fraction of sp³-hybridized carbons (Fsp3) is 0.609. The molecule has 0 atom stereocenters. The second-order valence-corrected chi connectivity index (χ2v) is 10.5. The van der Waals surface area contributed by atoms with E-state index in [1.54, 1.807) is 18.3 Å². The van der Waals surface area contributed by atoms with Crippen molar-refractivity contribution in [3.63, 3.8) is 0 Å². The second kappa shape index (κ2) is 13.0. The first-order chi connectivity index (χ1) is 15.0. The Hall–Kier alpha value is -1.64. The lowest BCUT2D eigenvalue weighted by atomic mass is 9.89. The molecule has 1 saturated carbocycles. The van der Waals surface area contributed by atoms with Gasteiger partial charge in [-0.1, -0.05) is 52.2 Å². The molecule has 6 nitrogen and oxygen atoms in total. The molecule has 8 heteroatoms. The third-order valence-electron chi connectivity index (χ3n) is 5.10. The predicted molar refractivity (Wildman–Crippen MR) is 132 cm³/mol. The van der Waals surface area contributed by atoms with Gasteiger partial charge in [-0.05, 0) is 30.9 Å². The van der Waals surface area contributed by atoms with Crippen molar-refractivity contribution in [3.05, 3.63) is 29.1 Å². The molecule has 1 fully saturated rings. The van der Waals surface area contributed by atoms with Crippen LogP contribution in [0.2, 0.25) is 0 Å². The van der Waals surface area contributed by atoms with Crippen LogP contribution in [-0.2, 0) is 16.4 Å². The quantitative estimate of drug-likeness (QED) is 0.622. The van der Waals surface area contributed by atoms with Crippen LogP contribution < -0.4 is 14.8 Å². The molecule has 2 aromatic rings. The minimum Gasteiger partial charge on any atom is -0.493 e. The Morgan fingerprint density at radius 3 is 2.52 bits per heavy atom. The van der Waals surface area contributed by atoms with Crippen molar-refractivity contribution in [3.8, 4) is 17.0 Å². The van der Waals surface area contributed by atoms with Crippen LogP contribution in [0.3, 0.4) is 0 Å². The van der Waals surface area contributed by atoms with E-state index in [0.29, 0.717) is 6.54 Å². The number of anilines is 1. The molecular weight excluding hydrogens is 430 g/mol. The largest absolute Gasteiger partial charge is 0.493 e. The number of nitrogens with zero attached hydrogens (tertiary/aromatic N) is 1. The number of aromatic nitrogens is 1. The zero-order valence-corrected chi connectivity index (χ0v) is 20.9. The van der Waals surface area contributed by atoms with Gasteiger partial charge in [0.05, 0.1) is 18.6 Å². The minimum atomic E-state index is -2.92. The summed E-state index contributed by atoms with van der Waals surface area (Å²) in [6, 6.07) is 8.24. The predicted octanol–water partition coefficient (Wildman–Crippen LogP) is 5.32. The fourth-order valence-electron chi connectivity index (χ4n) is 3.73. The number of ether oxygens (including phenoxy) is 1. The summed E-state index contributed by atoms with van der Waals surface area (Å²) in [4.78, 5) is 6.21. The molecule has 4 rings (SSSR count). The molecule has 1 aromatic carbocycles. The van der Waals surface area contributed by atoms with Gasteiger partial charge in [0.2, 0.25) is 10.0 Å². The van der Waals surface area contributed by atoms with E-state index in [2.05, 4.69) is 22.2 Å². The van der Waals surface area contributed by atoms with E-state index in [4.69, 9.17) is 9.72 Å². The summed E-state index contributed by atoms with van der Waals surface area (Å²) in [5.74, 6) is 1.79. The normalized spacial score (nSPS) is 15.6. The number of hydrogen-bond donors (Lipinski definition) is 2. The first-order valence-corrected chi connectivity index (χ1v) is 14.1. The van der Waals surface area contributed by atoms with Gasteiger partial charge in [0.15, 0.2) is 5.13 Å². The van der Waals surface area contributed by atoms with Gasteiger partial charge >= 0.3 is 0 Å². The smallest absolute Gasteiger partial charge is 0.208 e. The maximum Gasteiger partial charge on any atom is 0.208 e. The lowest BCUT2D eigenvalue weighted by Gasteiger charge is -2.21. The molecule has 2 aliphatic rings. The Balaban J connectivity index is 0.000000327. The van der Waals surface area contributed by atoms with Gasteiger partial charge in [-0.25, -0.2) is 18.1 Å². The van der Waals surface area contributed by atoms with E-state index in [0.717, 1.165) is 53.9 Å². The van der Waals surface area contributed by atoms with Crippen LogP contribution in [0.25, 0.3) is 11.3 Å². The van der Waals surface area contributed by atoms with Crippen LogP contribution in [0.15, 0.2) is 24.3 Å². The number of rotatable bonds is 5. The standard InChI is InChI=1S/C18H22N2OS.C3H9NO2S.C2H6/c1-2-6-13(7-3-1)12-19-18-20-17-14-8-4-5-9-15(14)21-11-10-16(17)22-18;1-3-4-7(2,5)6;1-2/h4-5,8-9,13H,1-3,6-7,10-12H2,(H,19,20);4H,3H2,1-2H3;1-2H3. The lowest BCUT2D eigenvalue weighted by Crippen LogP contribution is -2.20. The van der Waals surface area contributed by atoms with Gasteiger partial charge in [0.25, 0.3) is 0 Å². The van der Waals surface area contributed by atoms with Gasteiger partial charge in [-0.3, -0.25) is 0 Å². The number of fused-ring (bicyclic) bond motifs is 3. The minimum absolute atomic E-state index is 0.471. The van der Waals surface area contributed by atoms with Crippen LogP contribution in [0.4, 0.5) is 5.13 Å². The Labute approximate surface area is 191 Å². The first-order valence-electron chi connectivity index (χ1n) is 11.4. The van der Waals surface area contributed by atoms with E-state index in [1.165, 1.54) is 37.0 Å². The highest BCUT2D eigenvalue weighted by molar-refractivity contribution is 7.88. The van der Waals surface area contributed by atoms with Gasteiger partial charge < -0.3 is 10.1 Å². The Bertz CT molecular complexity index is 891. The van der Waals surface area contributed by atoms with Crippen molar-refractivity contribution in [1.82, 2.24) is 9.71 Å². The summed E-state index contributed by atoms with van der Waals surface area (Å²) < 4.78 is 28.3. The Morgan fingerprint density at radius 2 is 1.87 bits per heavy atom. The molecule has 1 aromatic heterocycles. The van der Waals surface area contributed by atoms with Gasteiger partial charge in [0, 0.05) is 30.0 Å². The molecule has 174 valence electrons. The molecular formula is C23H37N3O3S2. The van der Waals surface area contributed by atoms with E-state index in [9.17, 15) is 8.42 Å². The molecule has 2 heterocycles. The molecule has 0 spiro atoms. The number of nitrogens with one attached hydrogen (secondary N) is 2. The van der Waals surface area contributed by atoms with Crippen LogP contribution in [-0.4, -0.2) is 39.4 Å². The maximum absolute atomic E-state index is 10.1. The number of thiazole rings is 1.